The van der Waals surface area contributed by atoms with E-state index in [2.05, 4.69) is 5.32 Å². The average Bonchev–Trinajstić information content (AvgIpc) is 2.64. The van der Waals surface area contributed by atoms with E-state index in [1.807, 2.05) is 18.2 Å². The van der Waals surface area contributed by atoms with E-state index in [-0.39, 0.29) is 17.8 Å². The molecule has 0 unspecified atom stereocenters. The number of aliphatic hydroxyl groups excluding tert-OH is 1. The molecule has 5 nitrogen and oxygen atoms in total. The molecule has 102 valence electrons. The van der Waals surface area contributed by atoms with Gasteiger partial charge in [0.15, 0.2) is 5.58 Å². The van der Waals surface area contributed by atoms with Gasteiger partial charge in [-0.15, -0.1) is 0 Å². The van der Waals surface area contributed by atoms with Crippen LogP contribution in [0.25, 0.3) is 11.1 Å². The fourth-order valence-electron chi connectivity index (χ4n) is 2.60. The normalized spacial score (nSPS) is 17.4. The van der Waals surface area contributed by atoms with Gasteiger partial charge in [0.2, 0.25) is 0 Å². The number of oxazole rings is 1. The Morgan fingerprint density at radius 2 is 2.26 bits per heavy atom. The van der Waals surface area contributed by atoms with Gasteiger partial charge in [-0.3, -0.25) is 4.57 Å². The highest BCUT2D eigenvalue weighted by Gasteiger charge is 2.35. The first-order chi connectivity index (χ1) is 9.13. The first-order valence-corrected chi connectivity index (χ1v) is 6.58. The van der Waals surface area contributed by atoms with E-state index < -0.39 is 0 Å². The fraction of sp³-hybridized carbons (Fsp3) is 0.500. The molecular formula is C14H18N2O3. The monoisotopic (exact) mass is 262 g/mol. The van der Waals surface area contributed by atoms with Gasteiger partial charge < -0.3 is 14.8 Å². The van der Waals surface area contributed by atoms with Crippen molar-refractivity contribution >= 4 is 16.8 Å². The van der Waals surface area contributed by atoms with Gasteiger partial charge in [-0.1, -0.05) is 6.42 Å². The molecule has 2 aromatic rings. The van der Waals surface area contributed by atoms with Gasteiger partial charge in [-0.2, -0.15) is 0 Å². The standard InChI is InChI=1S/C14H18N2O3/c1-16-11-4-3-10(7-12(11)19-13(16)18)15-8-14(9-17)5-2-6-14/h3-4,7,15,17H,2,5-6,8-9H2,1H3. The summed E-state index contributed by atoms with van der Waals surface area (Å²) in [6, 6.07) is 5.64. The van der Waals surface area contributed by atoms with Gasteiger partial charge in [0, 0.05) is 30.8 Å². The van der Waals surface area contributed by atoms with Crippen LogP contribution in [0.5, 0.6) is 0 Å². The summed E-state index contributed by atoms with van der Waals surface area (Å²) in [7, 11) is 1.69. The first-order valence-electron chi connectivity index (χ1n) is 6.58. The summed E-state index contributed by atoms with van der Waals surface area (Å²) in [6.45, 7) is 0.981. The second-order valence-corrected chi connectivity index (χ2v) is 5.47. The number of rotatable bonds is 4. The number of hydrogen-bond acceptors (Lipinski definition) is 4. The van der Waals surface area contributed by atoms with Gasteiger partial charge in [0.25, 0.3) is 0 Å². The molecule has 0 saturated heterocycles. The third-order valence-electron chi connectivity index (χ3n) is 4.21. The number of anilines is 1. The van der Waals surface area contributed by atoms with E-state index in [1.165, 1.54) is 11.0 Å². The maximum Gasteiger partial charge on any atom is 0.419 e. The second kappa shape index (κ2) is 4.42. The summed E-state index contributed by atoms with van der Waals surface area (Å²) < 4.78 is 6.64. The van der Waals surface area contributed by atoms with Crippen LogP contribution >= 0.6 is 0 Å². The minimum Gasteiger partial charge on any atom is -0.408 e. The average molecular weight is 262 g/mol. The van der Waals surface area contributed by atoms with E-state index in [4.69, 9.17) is 4.42 Å². The maximum absolute atomic E-state index is 11.4. The van der Waals surface area contributed by atoms with Gasteiger partial charge >= 0.3 is 5.76 Å². The van der Waals surface area contributed by atoms with Crippen LogP contribution < -0.4 is 11.1 Å². The van der Waals surface area contributed by atoms with Gasteiger partial charge in [0.05, 0.1) is 12.1 Å². The molecule has 1 heterocycles. The SMILES string of the molecule is Cn1c(=O)oc2cc(NCC3(CO)CCC3)ccc21. The molecule has 1 saturated carbocycles. The van der Waals surface area contributed by atoms with Crippen molar-refractivity contribution < 1.29 is 9.52 Å². The number of fused-ring (bicyclic) bond motifs is 1. The quantitative estimate of drug-likeness (QED) is 0.880. The van der Waals surface area contributed by atoms with Crippen LogP contribution in [0.3, 0.4) is 0 Å². The molecule has 0 bridgehead atoms. The van der Waals surface area contributed by atoms with Crippen molar-refractivity contribution in [2.75, 3.05) is 18.5 Å². The van der Waals surface area contributed by atoms with Gasteiger partial charge in [0.1, 0.15) is 0 Å². The highest BCUT2D eigenvalue weighted by atomic mass is 16.4. The van der Waals surface area contributed by atoms with Gasteiger partial charge in [-0.05, 0) is 25.0 Å². The molecule has 1 aliphatic carbocycles. The van der Waals surface area contributed by atoms with E-state index >= 15 is 0 Å². The Hall–Kier alpha value is -1.75. The Morgan fingerprint density at radius 3 is 2.89 bits per heavy atom. The minimum atomic E-state index is -0.349. The van der Waals surface area contributed by atoms with E-state index in [0.717, 1.165) is 30.6 Å². The lowest BCUT2D eigenvalue weighted by molar-refractivity contribution is 0.0576. The smallest absolute Gasteiger partial charge is 0.408 e. The summed E-state index contributed by atoms with van der Waals surface area (Å²) in [5.74, 6) is -0.349. The minimum absolute atomic E-state index is 0.0342. The van der Waals surface area contributed by atoms with E-state index in [1.54, 1.807) is 7.05 Å². The molecule has 0 amide bonds. The van der Waals surface area contributed by atoms with Crippen molar-refractivity contribution in [2.24, 2.45) is 12.5 Å². The first kappa shape index (κ1) is 12.3. The molecule has 1 fully saturated rings. The molecule has 1 aromatic heterocycles. The molecule has 0 aliphatic heterocycles. The molecule has 0 radical (unpaired) electrons. The lowest BCUT2D eigenvalue weighted by Crippen LogP contribution is -2.39. The van der Waals surface area contributed by atoms with Crippen LogP contribution in [0.4, 0.5) is 5.69 Å². The van der Waals surface area contributed by atoms with Crippen molar-refractivity contribution in [3.05, 3.63) is 28.7 Å². The maximum atomic E-state index is 11.4. The molecular weight excluding hydrogens is 244 g/mol. The number of aromatic nitrogens is 1. The van der Waals surface area contributed by atoms with Crippen LogP contribution in [0, 0.1) is 5.41 Å². The highest BCUT2D eigenvalue weighted by Crippen LogP contribution is 2.40. The summed E-state index contributed by atoms with van der Waals surface area (Å²) >= 11 is 0. The zero-order valence-electron chi connectivity index (χ0n) is 11.0. The Kier molecular flexibility index (Phi) is 2.86. The molecule has 1 aromatic carbocycles. The number of benzene rings is 1. The molecule has 5 heteroatoms. The zero-order chi connectivity index (χ0) is 13.5. The van der Waals surface area contributed by atoms with Crippen molar-refractivity contribution in [3.63, 3.8) is 0 Å². The number of hydrogen-bond donors (Lipinski definition) is 2. The van der Waals surface area contributed by atoms with Crippen molar-refractivity contribution in [3.8, 4) is 0 Å². The molecule has 2 N–H and O–H groups in total. The summed E-state index contributed by atoms with van der Waals surface area (Å²) in [6.07, 6.45) is 3.33. The Labute approximate surface area is 110 Å². The lowest BCUT2D eigenvalue weighted by Gasteiger charge is -2.40. The molecule has 19 heavy (non-hydrogen) atoms. The van der Waals surface area contributed by atoms with Crippen LogP contribution in [0.2, 0.25) is 0 Å². The number of aliphatic hydroxyl groups is 1. The van der Waals surface area contributed by atoms with Crippen molar-refractivity contribution in [2.45, 2.75) is 19.3 Å². The number of nitrogens with zero attached hydrogens (tertiary/aromatic N) is 1. The van der Waals surface area contributed by atoms with Crippen molar-refractivity contribution in [1.82, 2.24) is 4.57 Å². The predicted molar refractivity (Wildman–Crippen MR) is 73.3 cm³/mol. The molecule has 0 atom stereocenters. The van der Waals surface area contributed by atoms with E-state index in [0.29, 0.717) is 5.58 Å². The highest BCUT2D eigenvalue weighted by molar-refractivity contribution is 5.77. The largest absolute Gasteiger partial charge is 0.419 e. The Morgan fingerprint density at radius 1 is 1.47 bits per heavy atom. The van der Waals surface area contributed by atoms with Crippen LogP contribution in [-0.4, -0.2) is 22.8 Å². The zero-order valence-corrected chi connectivity index (χ0v) is 11.0. The van der Waals surface area contributed by atoms with Crippen LogP contribution in [0.1, 0.15) is 19.3 Å². The Bertz CT molecular complexity index is 647. The summed E-state index contributed by atoms with van der Waals surface area (Å²) in [5.41, 5.74) is 2.33. The number of nitrogens with one attached hydrogen (secondary N) is 1. The van der Waals surface area contributed by atoms with Crippen LogP contribution in [-0.2, 0) is 7.05 Å². The second-order valence-electron chi connectivity index (χ2n) is 5.47. The lowest BCUT2D eigenvalue weighted by atomic mass is 9.69. The van der Waals surface area contributed by atoms with E-state index in [9.17, 15) is 9.90 Å². The number of aryl methyl sites for hydroxylation is 1. The third kappa shape index (κ3) is 2.04. The van der Waals surface area contributed by atoms with Crippen molar-refractivity contribution in [1.29, 1.82) is 0 Å². The third-order valence-corrected chi connectivity index (χ3v) is 4.21. The molecule has 0 spiro atoms. The molecule has 1 aliphatic rings. The Balaban J connectivity index is 1.80. The van der Waals surface area contributed by atoms with Crippen LogP contribution in [0.15, 0.2) is 27.4 Å². The summed E-state index contributed by atoms with van der Waals surface area (Å²) in [5, 5.41) is 12.8. The fourth-order valence-corrected chi connectivity index (χ4v) is 2.60. The summed E-state index contributed by atoms with van der Waals surface area (Å²) in [4.78, 5) is 11.4. The topological polar surface area (TPSA) is 67.4 Å². The predicted octanol–water partition coefficient (Wildman–Crippen LogP) is 1.71. The van der Waals surface area contributed by atoms with Gasteiger partial charge in [-0.25, -0.2) is 4.79 Å². The molecule has 3 rings (SSSR count).